The lowest BCUT2D eigenvalue weighted by Crippen LogP contribution is -2.38. The molecule has 0 bridgehead atoms. The lowest BCUT2D eigenvalue weighted by molar-refractivity contribution is -0.121. The van der Waals surface area contributed by atoms with Crippen LogP contribution in [0.3, 0.4) is 0 Å². The van der Waals surface area contributed by atoms with Crippen molar-refractivity contribution in [2.45, 2.75) is 31.7 Å². The van der Waals surface area contributed by atoms with Crippen molar-refractivity contribution in [3.05, 3.63) is 29.8 Å². The van der Waals surface area contributed by atoms with Gasteiger partial charge in [-0.3, -0.25) is 4.79 Å². The summed E-state index contributed by atoms with van der Waals surface area (Å²) < 4.78 is 0. The second kappa shape index (κ2) is 5.87. The number of aliphatic hydroxyl groups excluding tert-OH is 1. The molecule has 0 spiro atoms. The minimum Gasteiger partial charge on any atom is -0.508 e. The SMILES string of the molecule is O=C(Cc1ccc(O)cc1)NC(CCO)C1CC1. The highest BCUT2D eigenvalue weighted by molar-refractivity contribution is 5.79. The molecule has 1 aliphatic rings. The molecule has 4 nitrogen and oxygen atoms in total. The summed E-state index contributed by atoms with van der Waals surface area (Å²) in [5, 5.41) is 21.1. The second-order valence-electron chi connectivity index (χ2n) is 4.87. The number of hydrogen-bond acceptors (Lipinski definition) is 3. The lowest BCUT2D eigenvalue weighted by atomic mass is 10.1. The molecule has 0 aliphatic heterocycles. The molecule has 2 rings (SSSR count). The van der Waals surface area contributed by atoms with E-state index in [1.165, 1.54) is 0 Å². The molecule has 1 amide bonds. The molecule has 0 saturated heterocycles. The van der Waals surface area contributed by atoms with Gasteiger partial charge in [0, 0.05) is 12.6 Å². The first kappa shape index (κ1) is 12.9. The maximum atomic E-state index is 11.9. The van der Waals surface area contributed by atoms with Gasteiger partial charge in [-0.25, -0.2) is 0 Å². The zero-order valence-electron chi connectivity index (χ0n) is 10.3. The van der Waals surface area contributed by atoms with Gasteiger partial charge in [-0.2, -0.15) is 0 Å². The Morgan fingerprint density at radius 3 is 2.56 bits per heavy atom. The third-order valence-corrected chi connectivity index (χ3v) is 3.28. The average Bonchev–Trinajstić information content (AvgIpc) is 3.16. The van der Waals surface area contributed by atoms with Crippen LogP contribution < -0.4 is 5.32 Å². The van der Waals surface area contributed by atoms with Gasteiger partial charge < -0.3 is 15.5 Å². The van der Waals surface area contributed by atoms with Crippen molar-refractivity contribution in [2.24, 2.45) is 5.92 Å². The fraction of sp³-hybridized carbons (Fsp3) is 0.500. The average molecular weight is 249 g/mol. The van der Waals surface area contributed by atoms with Gasteiger partial charge in [-0.1, -0.05) is 12.1 Å². The summed E-state index contributed by atoms with van der Waals surface area (Å²) in [4.78, 5) is 11.9. The molecule has 1 unspecified atom stereocenters. The fourth-order valence-electron chi connectivity index (χ4n) is 2.12. The minimum absolute atomic E-state index is 0.0222. The number of hydrogen-bond donors (Lipinski definition) is 3. The van der Waals surface area contributed by atoms with Crippen molar-refractivity contribution in [2.75, 3.05) is 6.61 Å². The summed E-state index contributed by atoms with van der Waals surface area (Å²) in [5.74, 6) is 0.724. The molecule has 1 atom stereocenters. The summed E-state index contributed by atoms with van der Waals surface area (Å²) in [5.41, 5.74) is 0.879. The molecule has 98 valence electrons. The number of rotatable bonds is 6. The standard InChI is InChI=1S/C14H19NO3/c16-8-7-13(11-3-4-11)15-14(18)9-10-1-5-12(17)6-2-10/h1-2,5-6,11,13,16-17H,3-4,7-9H2,(H,15,18). The number of carbonyl (C=O) groups excluding carboxylic acids is 1. The van der Waals surface area contributed by atoms with Gasteiger partial charge in [0.2, 0.25) is 5.91 Å². The molecule has 1 fully saturated rings. The van der Waals surface area contributed by atoms with Gasteiger partial charge in [0.05, 0.1) is 6.42 Å². The summed E-state index contributed by atoms with van der Waals surface area (Å²) >= 11 is 0. The van der Waals surface area contributed by atoms with Crippen molar-refractivity contribution >= 4 is 5.91 Å². The first-order chi connectivity index (χ1) is 8.69. The second-order valence-corrected chi connectivity index (χ2v) is 4.87. The van der Waals surface area contributed by atoms with E-state index in [-0.39, 0.29) is 24.3 Å². The van der Waals surface area contributed by atoms with E-state index in [0.29, 0.717) is 18.8 Å². The molecule has 1 saturated carbocycles. The highest BCUT2D eigenvalue weighted by atomic mass is 16.3. The van der Waals surface area contributed by atoms with Crippen molar-refractivity contribution in [3.63, 3.8) is 0 Å². The molecule has 0 radical (unpaired) electrons. The minimum atomic E-state index is -0.0222. The Kier molecular flexibility index (Phi) is 4.20. The molecule has 0 aromatic heterocycles. The number of nitrogens with one attached hydrogen (secondary N) is 1. The Balaban J connectivity index is 1.85. The monoisotopic (exact) mass is 249 g/mol. The molecule has 3 N–H and O–H groups in total. The number of phenols is 1. The van der Waals surface area contributed by atoms with Gasteiger partial charge >= 0.3 is 0 Å². The van der Waals surface area contributed by atoms with Crippen molar-refractivity contribution < 1.29 is 15.0 Å². The predicted molar refractivity (Wildman–Crippen MR) is 68.2 cm³/mol. The lowest BCUT2D eigenvalue weighted by Gasteiger charge is -2.17. The molecular formula is C14H19NO3. The molecule has 18 heavy (non-hydrogen) atoms. The number of phenolic OH excluding ortho intramolecular Hbond substituents is 1. The van der Waals surface area contributed by atoms with E-state index in [1.54, 1.807) is 24.3 Å². The van der Waals surface area contributed by atoms with Gasteiger partial charge in [0.1, 0.15) is 5.75 Å². The maximum Gasteiger partial charge on any atom is 0.224 e. The Hall–Kier alpha value is -1.55. The van der Waals surface area contributed by atoms with Crippen LogP contribution in [0.15, 0.2) is 24.3 Å². The van der Waals surface area contributed by atoms with Crippen LogP contribution in [0.25, 0.3) is 0 Å². The Morgan fingerprint density at radius 2 is 2.00 bits per heavy atom. The maximum absolute atomic E-state index is 11.9. The number of carbonyl (C=O) groups is 1. The molecule has 1 aromatic carbocycles. The number of aliphatic hydroxyl groups is 1. The third-order valence-electron chi connectivity index (χ3n) is 3.28. The van der Waals surface area contributed by atoms with E-state index in [1.807, 2.05) is 0 Å². The quantitative estimate of drug-likeness (QED) is 0.710. The highest BCUT2D eigenvalue weighted by Crippen LogP contribution is 2.33. The van der Waals surface area contributed by atoms with Crippen LogP contribution in [0.4, 0.5) is 0 Å². The molecule has 1 aromatic rings. The van der Waals surface area contributed by atoms with E-state index >= 15 is 0 Å². The van der Waals surface area contributed by atoms with Crippen LogP contribution in [-0.4, -0.2) is 28.8 Å². The van der Waals surface area contributed by atoms with Gasteiger partial charge in [0.25, 0.3) is 0 Å². The number of amides is 1. The molecular weight excluding hydrogens is 230 g/mol. The van der Waals surface area contributed by atoms with Crippen LogP contribution in [0, 0.1) is 5.92 Å². The topological polar surface area (TPSA) is 69.6 Å². The van der Waals surface area contributed by atoms with E-state index in [2.05, 4.69) is 5.32 Å². The van der Waals surface area contributed by atoms with Gasteiger partial charge in [-0.05, 0) is 42.9 Å². The van der Waals surface area contributed by atoms with Crippen LogP contribution in [0.5, 0.6) is 5.75 Å². The van der Waals surface area contributed by atoms with E-state index < -0.39 is 0 Å². The summed E-state index contributed by atoms with van der Waals surface area (Å²) in [6, 6.07) is 6.75. The van der Waals surface area contributed by atoms with Crippen LogP contribution in [0.1, 0.15) is 24.8 Å². The molecule has 1 aliphatic carbocycles. The predicted octanol–water partition coefficient (Wildman–Crippen LogP) is 1.21. The smallest absolute Gasteiger partial charge is 0.224 e. The van der Waals surface area contributed by atoms with E-state index in [0.717, 1.165) is 18.4 Å². The van der Waals surface area contributed by atoms with Crippen molar-refractivity contribution in [1.29, 1.82) is 0 Å². The summed E-state index contributed by atoms with van der Waals surface area (Å²) in [6.07, 6.45) is 3.23. The highest BCUT2D eigenvalue weighted by Gasteiger charge is 2.31. The van der Waals surface area contributed by atoms with Crippen LogP contribution in [-0.2, 0) is 11.2 Å². The zero-order chi connectivity index (χ0) is 13.0. The van der Waals surface area contributed by atoms with Gasteiger partial charge in [0.15, 0.2) is 0 Å². The van der Waals surface area contributed by atoms with E-state index in [4.69, 9.17) is 10.2 Å². The summed E-state index contributed by atoms with van der Waals surface area (Å²) in [7, 11) is 0. The number of benzene rings is 1. The normalized spacial score (nSPS) is 16.3. The fourth-order valence-corrected chi connectivity index (χ4v) is 2.12. The molecule has 0 heterocycles. The first-order valence-electron chi connectivity index (χ1n) is 6.37. The third kappa shape index (κ3) is 3.74. The Bertz CT molecular complexity index is 398. The largest absolute Gasteiger partial charge is 0.508 e. The van der Waals surface area contributed by atoms with Crippen molar-refractivity contribution in [3.8, 4) is 5.75 Å². The number of aromatic hydroxyl groups is 1. The first-order valence-corrected chi connectivity index (χ1v) is 6.37. The Morgan fingerprint density at radius 1 is 1.33 bits per heavy atom. The van der Waals surface area contributed by atoms with E-state index in [9.17, 15) is 4.79 Å². The molecule has 4 heteroatoms. The van der Waals surface area contributed by atoms with Crippen molar-refractivity contribution in [1.82, 2.24) is 5.32 Å². The van der Waals surface area contributed by atoms with Crippen LogP contribution >= 0.6 is 0 Å². The Labute approximate surface area is 107 Å². The van der Waals surface area contributed by atoms with Crippen LogP contribution in [0.2, 0.25) is 0 Å². The zero-order valence-corrected chi connectivity index (χ0v) is 10.3. The van der Waals surface area contributed by atoms with Gasteiger partial charge in [-0.15, -0.1) is 0 Å². The summed E-state index contributed by atoms with van der Waals surface area (Å²) in [6.45, 7) is 0.112.